The fraction of sp³-hybridized carbons (Fsp3) is 0.273. The van der Waals surface area contributed by atoms with Gasteiger partial charge >= 0.3 is 0 Å². The van der Waals surface area contributed by atoms with Crippen LogP contribution in [0.1, 0.15) is 12.6 Å². The molecular weight excluding hydrogens is 243 g/mol. The van der Waals surface area contributed by atoms with Gasteiger partial charge in [-0.15, -0.1) is 5.10 Å². The Morgan fingerprint density at radius 1 is 1.47 bits per heavy atom. The van der Waals surface area contributed by atoms with Gasteiger partial charge in [0.15, 0.2) is 0 Å². The van der Waals surface area contributed by atoms with E-state index in [1.807, 2.05) is 6.92 Å². The summed E-state index contributed by atoms with van der Waals surface area (Å²) in [6.07, 6.45) is 1.76. The Labute approximate surface area is 103 Å². The van der Waals surface area contributed by atoms with Gasteiger partial charge in [-0.1, -0.05) is 23.7 Å². The molecule has 0 radical (unpaired) electrons. The number of hydrogen-bond acceptors (Lipinski definition) is 3. The molecule has 0 aliphatic rings. The van der Waals surface area contributed by atoms with E-state index >= 15 is 0 Å². The predicted octanol–water partition coefficient (Wildman–Crippen LogP) is 2.17. The van der Waals surface area contributed by atoms with E-state index in [1.54, 1.807) is 12.3 Å². The lowest BCUT2D eigenvalue weighted by Crippen LogP contribution is -2.11. The van der Waals surface area contributed by atoms with Crippen LogP contribution < -0.4 is 5.32 Å². The van der Waals surface area contributed by atoms with Crippen LogP contribution in [0.3, 0.4) is 0 Å². The SMILES string of the molecule is CCNCc1cn(-c2ccc(Cl)c(F)c2)nn1. The zero-order valence-corrected chi connectivity index (χ0v) is 10.1. The molecule has 0 amide bonds. The highest BCUT2D eigenvalue weighted by Crippen LogP contribution is 2.17. The molecule has 0 saturated heterocycles. The maximum absolute atomic E-state index is 13.3. The van der Waals surface area contributed by atoms with Crippen molar-refractivity contribution in [3.63, 3.8) is 0 Å². The van der Waals surface area contributed by atoms with E-state index < -0.39 is 5.82 Å². The molecule has 1 aromatic heterocycles. The molecule has 0 unspecified atom stereocenters. The standard InChI is InChI=1S/C11H12ClFN4/c1-2-14-6-8-7-17(16-15-8)9-3-4-10(12)11(13)5-9/h3-5,7,14H,2,6H2,1H3. The number of aromatic nitrogens is 3. The molecule has 0 aliphatic carbocycles. The molecule has 0 bridgehead atoms. The van der Waals surface area contributed by atoms with E-state index in [2.05, 4.69) is 15.6 Å². The molecule has 17 heavy (non-hydrogen) atoms. The van der Waals surface area contributed by atoms with Crippen LogP contribution in [0.5, 0.6) is 0 Å². The van der Waals surface area contributed by atoms with E-state index in [0.717, 1.165) is 12.2 Å². The van der Waals surface area contributed by atoms with E-state index in [4.69, 9.17) is 11.6 Å². The molecule has 2 rings (SSSR count). The quantitative estimate of drug-likeness (QED) is 0.909. The van der Waals surface area contributed by atoms with Crippen molar-refractivity contribution < 1.29 is 4.39 Å². The van der Waals surface area contributed by atoms with Crippen molar-refractivity contribution in [2.24, 2.45) is 0 Å². The molecule has 1 N–H and O–H groups in total. The van der Waals surface area contributed by atoms with E-state index in [0.29, 0.717) is 12.2 Å². The Morgan fingerprint density at radius 3 is 3.00 bits per heavy atom. The Balaban J connectivity index is 2.21. The van der Waals surface area contributed by atoms with Crippen LogP contribution >= 0.6 is 11.6 Å². The molecular formula is C11H12ClFN4. The highest BCUT2D eigenvalue weighted by atomic mass is 35.5. The molecule has 0 spiro atoms. The minimum Gasteiger partial charge on any atom is -0.311 e. The number of hydrogen-bond donors (Lipinski definition) is 1. The van der Waals surface area contributed by atoms with Crippen LogP contribution in [0.15, 0.2) is 24.4 Å². The molecule has 6 heteroatoms. The van der Waals surface area contributed by atoms with Crippen LogP contribution in [0.4, 0.5) is 4.39 Å². The smallest absolute Gasteiger partial charge is 0.143 e. The van der Waals surface area contributed by atoms with Crippen molar-refractivity contribution in [2.75, 3.05) is 6.54 Å². The van der Waals surface area contributed by atoms with Crippen LogP contribution in [-0.2, 0) is 6.54 Å². The molecule has 2 aromatic rings. The first kappa shape index (κ1) is 12.0. The first-order valence-electron chi connectivity index (χ1n) is 5.28. The van der Waals surface area contributed by atoms with E-state index in [1.165, 1.54) is 16.8 Å². The van der Waals surface area contributed by atoms with Gasteiger partial charge < -0.3 is 5.32 Å². The van der Waals surface area contributed by atoms with Crippen molar-refractivity contribution >= 4 is 11.6 Å². The van der Waals surface area contributed by atoms with Gasteiger partial charge in [0.1, 0.15) is 5.82 Å². The van der Waals surface area contributed by atoms with Crippen molar-refractivity contribution in [3.8, 4) is 5.69 Å². The number of halogens is 2. The van der Waals surface area contributed by atoms with Gasteiger partial charge in [-0.2, -0.15) is 0 Å². The summed E-state index contributed by atoms with van der Waals surface area (Å²) in [7, 11) is 0. The Bertz CT molecular complexity index is 512. The summed E-state index contributed by atoms with van der Waals surface area (Å²) in [5.41, 5.74) is 1.41. The number of benzene rings is 1. The number of nitrogens with zero attached hydrogens (tertiary/aromatic N) is 3. The minimum absolute atomic E-state index is 0.0988. The van der Waals surface area contributed by atoms with Crippen molar-refractivity contribution in [3.05, 3.63) is 40.9 Å². The molecule has 0 aliphatic heterocycles. The first-order valence-corrected chi connectivity index (χ1v) is 5.66. The van der Waals surface area contributed by atoms with Gasteiger partial charge in [-0.05, 0) is 18.7 Å². The van der Waals surface area contributed by atoms with Gasteiger partial charge in [-0.3, -0.25) is 0 Å². The first-order chi connectivity index (χ1) is 8.20. The zero-order chi connectivity index (χ0) is 12.3. The normalized spacial score (nSPS) is 10.8. The number of rotatable bonds is 4. The third kappa shape index (κ3) is 2.81. The summed E-state index contributed by atoms with van der Waals surface area (Å²) in [6, 6.07) is 4.52. The summed E-state index contributed by atoms with van der Waals surface area (Å²) in [5.74, 6) is -0.465. The predicted molar refractivity (Wildman–Crippen MR) is 63.7 cm³/mol. The van der Waals surface area contributed by atoms with Crippen molar-refractivity contribution in [2.45, 2.75) is 13.5 Å². The van der Waals surface area contributed by atoms with Crippen LogP contribution in [-0.4, -0.2) is 21.5 Å². The molecule has 0 fully saturated rings. The second-order valence-corrected chi connectivity index (χ2v) is 3.94. The van der Waals surface area contributed by atoms with E-state index in [-0.39, 0.29) is 5.02 Å². The second kappa shape index (κ2) is 5.25. The maximum atomic E-state index is 13.3. The average molecular weight is 255 g/mol. The maximum Gasteiger partial charge on any atom is 0.143 e. The highest BCUT2D eigenvalue weighted by Gasteiger charge is 2.05. The lowest BCUT2D eigenvalue weighted by atomic mass is 10.3. The topological polar surface area (TPSA) is 42.7 Å². The summed E-state index contributed by atoms with van der Waals surface area (Å²) in [4.78, 5) is 0. The number of nitrogens with one attached hydrogen (secondary N) is 1. The Morgan fingerprint density at radius 2 is 2.29 bits per heavy atom. The van der Waals surface area contributed by atoms with Gasteiger partial charge in [0, 0.05) is 12.6 Å². The van der Waals surface area contributed by atoms with Gasteiger partial charge in [-0.25, -0.2) is 9.07 Å². The monoisotopic (exact) mass is 254 g/mol. The fourth-order valence-electron chi connectivity index (χ4n) is 1.39. The zero-order valence-electron chi connectivity index (χ0n) is 9.32. The summed E-state index contributed by atoms with van der Waals surface area (Å²) < 4.78 is 14.8. The van der Waals surface area contributed by atoms with E-state index in [9.17, 15) is 4.39 Å². The third-order valence-electron chi connectivity index (χ3n) is 2.26. The lowest BCUT2D eigenvalue weighted by Gasteiger charge is -2.00. The van der Waals surface area contributed by atoms with Gasteiger partial charge in [0.25, 0.3) is 0 Å². The van der Waals surface area contributed by atoms with Crippen molar-refractivity contribution in [1.82, 2.24) is 20.3 Å². The molecule has 4 nitrogen and oxygen atoms in total. The molecule has 90 valence electrons. The van der Waals surface area contributed by atoms with Gasteiger partial charge in [0.2, 0.25) is 0 Å². The molecule has 1 aromatic carbocycles. The largest absolute Gasteiger partial charge is 0.311 e. The van der Waals surface area contributed by atoms with Gasteiger partial charge in [0.05, 0.1) is 22.6 Å². The second-order valence-electron chi connectivity index (χ2n) is 3.53. The van der Waals surface area contributed by atoms with Crippen molar-refractivity contribution in [1.29, 1.82) is 0 Å². The lowest BCUT2D eigenvalue weighted by molar-refractivity contribution is 0.625. The molecule has 1 heterocycles. The summed E-state index contributed by atoms with van der Waals surface area (Å²) in [5, 5.41) is 11.1. The Hall–Kier alpha value is -1.46. The fourth-order valence-corrected chi connectivity index (χ4v) is 1.50. The minimum atomic E-state index is -0.465. The highest BCUT2D eigenvalue weighted by molar-refractivity contribution is 6.30. The molecule has 0 saturated carbocycles. The summed E-state index contributed by atoms with van der Waals surface area (Å²) >= 11 is 5.61. The van der Waals surface area contributed by atoms with Crippen LogP contribution in [0.2, 0.25) is 5.02 Å². The van der Waals surface area contributed by atoms with Crippen LogP contribution in [0, 0.1) is 5.82 Å². The third-order valence-corrected chi connectivity index (χ3v) is 2.57. The molecule has 0 atom stereocenters. The Kier molecular flexibility index (Phi) is 3.71. The average Bonchev–Trinajstić information content (AvgIpc) is 2.79. The van der Waals surface area contributed by atoms with Crippen LogP contribution in [0.25, 0.3) is 5.69 Å². The summed E-state index contributed by atoms with van der Waals surface area (Å²) in [6.45, 7) is 3.52.